The largest absolute Gasteiger partial charge is 0.507 e. The van der Waals surface area contributed by atoms with Gasteiger partial charge < -0.3 is 21.1 Å². The molecule has 1 amide bonds. The number of hydrogen-bond acceptors (Lipinski definition) is 5. The van der Waals surface area contributed by atoms with E-state index in [0.717, 1.165) is 35.0 Å². The number of carbonyl (C=O) groups is 1. The predicted molar refractivity (Wildman–Crippen MR) is 126 cm³/mol. The van der Waals surface area contributed by atoms with E-state index in [1.54, 1.807) is 30.3 Å². The van der Waals surface area contributed by atoms with Crippen LogP contribution in [0.3, 0.4) is 0 Å². The molecule has 2 heterocycles. The second-order valence-electron chi connectivity index (χ2n) is 8.13. The summed E-state index contributed by atoms with van der Waals surface area (Å²) < 4.78 is 2.18. The highest BCUT2D eigenvalue weighted by Crippen LogP contribution is 2.41. The first kappa shape index (κ1) is 20.3. The monoisotopic (exact) mass is 447 g/mol. The summed E-state index contributed by atoms with van der Waals surface area (Å²) in [5.74, 6) is -0.190. The first-order valence-corrected chi connectivity index (χ1v) is 10.9. The lowest BCUT2D eigenvalue weighted by Gasteiger charge is -2.12. The number of hydrogen-bond donors (Lipinski definition) is 3. The van der Waals surface area contributed by atoms with Crippen LogP contribution in [0.4, 0.5) is 5.82 Å². The quantitative estimate of drug-likeness (QED) is 0.410. The van der Waals surface area contributed by atoms with E-state index in [4.69, 9.17) is 23.1 Å². The average molecular weight is 448 g/mol. The van der Waals surface area contributed by atoms with Gasteiger partial charge in [0, 0.05) is 34.0 Å². The standard InChI is InChI=1S/C24H22ClN5O2/c25-14-6-8-17(23(27)32)18(10-14)16-7-5-13(9-20(16)31)19-11-30(15-3-1-2-4-15)24-21(19)22(26)28-12-29-24/h5-12,15,31H,1-4H2,(H2,27,32)(H2,26,28,29). The number of nitrogen functional groups attached to an aromatic ring is 1. The van der Waals surface area contributed by atoms with Crippen molar-refractivity contribution in [2.24, 2.45) is 5.73 Å². The van der Waals surface area contributed by atoms with Gasteiger partial charge in [-0.25, -0.2) is 9.97 Å². The molecule has 1 aliphatic rings. The van der Waals surface area contributed by atoms with Gasteiger partial charge in [-0.3, -0.25) is 4.79 Å². The molecule has 0 unspecified atom stereocenters. The summed E-state index contributed by atoms with van der Waals surface area (Å²) in [4.78, 5) is 20.6. The topological polar surface area (TPSA) is 120 Å². The lowest BCUT2D eigenvalue weighted by molar-refractivity contribution is 0.100. The maximum Gasteiger partial charge on any atom is 0.249 e. The lowest BCUT2D eigenvalue weighted by atomic mass is 9.95. The summed E-state index contributed by atoms with van der Waals surface area (Å²) in [6.45, 7) is 0. The number of nitrogens with zero attached hydrogens (tertiary/aromatic N) is 3. The Bertz CT molecular complexity index is 1360. The number of benzene rings is 2. The fraction of sp³-hybridized carbons (Fsp3) is 0.208. The lowest BCUT2D eigenvalue weighted by Crippen LogP contribution is -2.12. The van der Waals surface area contributed by atoms with Gasteiger partial charge in [-0.1, -0.05) is 36.6 Å². The van der Waals surface area contributed by atoms with Gasteiger partial charge in [0.05, 0.1) is 5.39 Å². The molecule has 0 aliphatic heterocycles. The van der Waals surface area contributed by atoms with Gasteiger partial charge in [0.15, 0.2) is 0 Å². The number of aromatic hydroxyl groups is 1. The molecular weight excluding hydrogens is 426 g/mol. The Labute approximate surface area is 189 Å². The number of rotatable bonds is 4. The van der Waals surface area contributed by atoms with Crippen molar-refractivity contribution in [1.82, 2.24) is 14.5 Å². The fourth-order valence-electron chi connectivity index (χ4n) is 4.67. The number of primary amides is 1. The van der Waals surface area contributed by atoms with Crippen molar-refractivity contribution in [3.8, 4) is 28.0 Å². The molecule has 1 fully saturated rings. The fourth-order valence-corrected chi connectivity index (χ4v) is 4.84. The normalized spacial score (nSPS) is 14.3. The summed E-state index contributed by atoms with van der Waals surface area (Å²) in [5.41, 5.74) is 15.4. The number of phenolic OH excluding ortho intramolecular Hbond substituents is 1. The van der Waals surface area contributed by atoms with Crippen LogP contribution in [0.25, 0.3) is 33.3 Å². The van der Waals surface area contributed by atoms with Crippen LogP contribution >= 0.6 is 11.6 Å². The number of nitrogens with two attached hydrogens (primary N) is 2. The Morgan fingerprint density at radius 3 is 2.56 bits per heavy atom. The van der Waals surface area contributed by atoms with Crippen molar-refractivity contribution in [1.29, 1.82) is 0 Å². The van der Waals surface area contributed by atoms with E-state index in [1.807, 2.05) is 12.3 Å². The van der Waals surface area contributed by atoms with Crippen LogP contribution in [0, 0.1) is 0 Å². The molecule has 0 atom stereocenters. The third-order valence-electron chi connectivity index (χ3n) is 6.20. The SMILES string of the molecule is NC(=O)c1ccc(Cl)cc1-c1ccc(-c2cn(C3CCCC3)c3ncnc(N)c23)cc1O. The van der Waals surface area contributed by atoms with Crippen molar-refractivity contribution >= 4 is 34.4 Å². The van der Waals surface area contributed by atoms with E-state index in [0.29, 0.717) is 28.0 Å². The second kappa shape index (κ2) is 7.84. The Morgan fingerprint density at radius 1 is 1.06 bits per heavy atom. The van der Waals surface area contributed by atoms with E-state index in [2.05, 4.69) is 14.5 Å². The zero-order valence-corrected chi connectivity index (χ0v) is 18.0. The van der Waals surface area contributed by atoms with Gasteiger partial charge in [-0.05, 0) is 48.2 Å². The van der Waals surface area contributed by atoms with Gasteiger partial charge in [-0.15, -0.1) is 0 Å². The molecule has 2 aromatic heterocycles. The summed E-state index contributed by atoms with van der Waals surface area (Å²) in [6, 6.07) is 10.4. The zero-order valence-electron chi connectivity index (χ0n) is 17.3. The molecule has 0 saturated heterocycles. The minimum absolute atomic E-state index is 0.00412. The molecule has 32 heavy (non-hydrogen) atoms. The van der Waals surface area contributed by atoms with Crippen LogP contribution in [-0.4, -0.2) is 25.5 Å². The molecule has 2 aromatic carbocycles. The number of carbonyl (C=O) groups excluding carboxylic acids is 1. The molecule has 8 heteroatoms. The van der Waals surface area contributed by atoms with E-state index in [-0.39, 0.29) is 11.3 Å². The highest BCUT2D eigenvalue weighted by molar-refractivity contribution is 6.31. The Balaban J connectivity index is 1.66. The molecule has 0 radical (unpaired) electrons. The summed E-state index contributed by atoms with van der Waals surface area (Å²) >= 11 is 6.13. The zero-order chi connectivity index (χ0) is 22.4. The van der Waals surface area contributed by atoms with E-state index < -0.39 is 5.91 Å². The number of phenols is 1. The van der Waals surface area contributed by atoms with Crippen molar-refractivity contribution in [3.05, 3.63) is 59.5 Å². The molecule has 4 aromatic rings. The van der Waals surface area contributed by atoms with Crippen molar-refractivity contribution in [3.63, 3.8) is 0 Å². The van der Waals surface area contributed by atoms with Crippen LogP contribution in [0.5, 0.6) is 5.75 Å². The summed E-state index contributed by atoms with van der Waals surface area (Å²) in [7, 11) is 0. The molecule has 0 spiro atoms. The van der Waals surface area contributed by atoms with E-state index >= 15 is 0 Å². The average Bonchev–Trinajstić information content (AvgIpc) is 3.42. The second-order valence-corrected chi connectivity index (χ2v) is 8.57. The molecule has 1 aliphatic carbocycles. The number of fused-ring (bicyclic) bond motifs is 1. The third-order valence-corrected chi connectivity index (χ3v) is 6.44. The van der Waals surface area contributed by atoms with Crippen LogP contribution in [0.2, 0.25) is 5.02 Å². The molecule has 5 N–H and O–H groups in total. The summed E-state index contributed by atoms with van der Waals surface area (Å²) in [6.07, 6.45) is 8.12. The van der Waals surface area contributed by atoms with Crippen molar-refractivity contribution < 1.29 is 9.90 Å². The molecule has 5 rings (SSSR count). The molecule has 0 bridgehead atoms. The van der Waals surface area contributed by atoms with Crippen LogP contribution in [0.1, 0.15) is 42.1 Å². The molecule has 162 valence electrons. The molecular formula is C24H22ClN5O2. The first-order chi connectivity index (χ1) is 15.4. The Morgan fingerprint density at radius 2 is 1.84 bits per heavy atom. The van der Waals surface area contributed by atoms with Crippen molar-refractivity contribution in [2.75, 3.05) is 5.73 Å². The smallest absolute Gasteiger partial charge is 0.249 e. The van der Waals surface area contributed by atoms with Gasteiger partial charge >= 0.3 is 0 Å². The third kappa shape index (κ3) is 3.35. The number of anilines is 1. The maximum absolute atomic E-state index is 11.9. The van der Waals surface area contributed by atoms with Crippen LogP contribution in [-0.2, 0) is 0 Å². The maximum atomic E-state index is 11.9. The minimum Gasteiger partial charge on any atom is -0.507 e. The van der Waals surface area contributed by atoms with E-state index in [1.165, 1.54) is 19.2 Å². The highest BCUT2D eigenvalue weighted by atomic mass is 35.5. The Hall–Kier alpha value is -3.58. The summed E-state index contributed by atoms with van der Waals surface area (Å²) in [5, 5.41) is 12.1. The minimum atomic E-state index is -0.593. The van der Waals surface area contributed by atoms with Gasteiger partial charge in [0.2, 0.25) is 5.91 Å². The number of halogens is 1. The van der Waals surface area contributed by atoms with E-state index in [9.17, 15) is 9.90 Å². The number of aromatic nitrogens is 3. The van der Waals surface area contributed by atoms with Crippen molar-refractivity contribution in [2.45, 2.75) is 31.7 Å². The van der Waals surface area contributed by atoms with Gasteiger partial charge in [-0.2, -0.15) is 0 Å². The highest BCUT2D eigenvalue weighted by Gasteiger charge is 2.23. The van der Waals surface area contributed by atoms with Crippen LogP contribution in [0.15, 0.2) is 48.9 Å². The number of amides is 1. The molecule has 1 saturated carbocycles. The van der Waals surface area contributed by atoms with Gasteiger partial charge in [0.1, 0.15) is 23.5 Å². The van der Waals surface area contributed by atoms with Gasteiger partial charge in [0.25, 0.3) is 0 Å². The molecule has 7 nitrogen and oxygen atoms in total. The Kier molecular flexibility index (Phi) is 4.98. The predicted octanol–water partition coefficient (Wildman–Crippen LogP) is 4.92. The van der Waals surface area contributed by atoms with Crippen LogP contribution < -0.4 is 11.5 Å². The first-order valence-electron chi connectivity index (χ1n) is 10.5.